The summed E-state index contributed by atoms with van der Waals surface area (Å²) in [6.45, 7) is 2.52. The van der Waals surface area contributed by atoms with Crippen LogP contribution >= 0.6 is 0 Å². The number of piperidine rings is 1. The Bertz CT molecular complexity index is 338. The maximum atomic E-state index is 12.7. The van der Waals surface area contributed by atoms with Crippen molar-refractivity contribution >= 4 is 5.95 Å². The maximum Gasteiger partial charge on any atom is 0.225 e. The van der Waals surface area contributed by atoms with Crippen LogP contribution in [-0.2, 0) is 0 Å². The average molecular weight is 240 g/mol. The molecule has 1 fully saturated rings. The summed E-state index contributed by atoms with van der Waals surface area (Å²) in [5, 5.41) is 12.0. The third kappa shape index (κ3) is 3.34. The fourth-order valence-electron chi connectivity index (χ4n) is 2.02. The van der Waals surface area contributed by atoms with Crippen molar-refractivity contribution in [1.82, 2.24) is 15.3 Å². The summed E-state index contributed by atoms with van der Waals surface area (Å²) < 4.78 is 12.7. The van der Waals surface area contributed by atoms with E-state index in [4.69, 9.17) is 5.11 Å². The summed E-state index contributed by atoms with van der Waals surface area (Å²) >= 11 is 0. The monoisotopic (exact) mass is 240 g/mol. The Hall–Kier alpha value is -1.27. The number of hydrogen-bond acceptors (Lipinski definition) is 5. The molecule has 0 radical (unpaired) electrons. The van der Waals surface area contributed by atoms with Gasteiger partial charge in [0.05, 0.1) is 19.0 Å². The Morgan fingerprint density at radius 2 is 2.00 bits per heavy atom. The zero-order valence-electron chi connectivity index (χ0n) is 9.64. The summed E-state index contributed by atoms with van der Waals surface area (Å²) in [5.74, 6) is 0.181. The molecule has 1 aromatic rings. The molecule has 1 aliphatic rings. The molecule has 6 heteroatoms. The van der Waals surface area contributed by atoms with Crippen molar-refractivity contribution in [2.24, 2.45) is 0 Å². The van der Waals surface area contributed by atoms with Gasteiger partial charge in [0.15, 0.2) is 5.82 Å². The number of nitrogens with one attached hydrogen (secondary N) is 1. The van der Waals surface area contributed by atoms with Crippen LogP contribution in [0.4, 0.5) is 10.3 Å². The topological polar surface area (TPSA) is 61.3 Å². The molecule has 17 heavy (non-hydrogen) atoms. The van der Waals surface area contributed by atoms with E-state index in [1.807, 2.05) is 0 Å². The van der Waals surface area contributed by atoms with E-state index < -0.39 is 5.82 Å². The molecule has 0 amide bonds. The molecule has 94 valence electrons. The average Bonchev–Trinajstić information content (AvgIpc) is 2.38. The molecular formula is C11H17FN4O. The molecule has 1 saturated heterocycles. The van der Waals surface area contributed by atoms with Gasteiger partial charge in [-0.05, 0) is 12.8 Å². The number of aliphatic hydroxyl groups excluding tert-OH is 1. The Labute approximate surface area is 99.7 Å². The lowest BCUT2D eigenvalue weighted by atomic mass is 10.1. The summed E-state index contributed by atoms with van der Waals surface area (Å²) in [5.41, 5.74) is 0. The van der Waals surface area contributed by atoms with Crippen LogP contribution in [0.15, 0.2) is 12.4 Å². The predicted octanol–water partition coefficient (Wildman–Crippen LogP) is 0.166. The van der Waals surface area contributed by atoms with Gasteiger partial charge in [-0.3, -0.25) is 0 Å². The maximum absolute atomic E-state index is 12.7. The van der Waals surface area contributed by atoms with Crippen LogP contribution in [0.2, 0.25) is 0 Å². The number of hydrogen-bond donors (Lipinski definition) is 2. The Morgan fingerprint density at radius 3 is 2.59 bits per heavy atom. The van der Waals surface area contributed by atoms with Crippen LogP contribution in [-0.4, -0.2) is 47.4 Å². The first-order valence-corrected chi connectivity index (χ1v) is 5.86. The predicted molar refractivity (Wildman–Crippen MR) is 62.3 cm³/mol. The van der Waals surface area contributed by atoms with Crippen molar-refractivity contribution in [2.45, 2.75) is 18.9 Å². The Balaban J connectivity index is 1.84. The third-order valence-electron chi connectivity index (χ3n) is 2.93. The smallest absolute Gasteiger partial charge is 0.225 e. The standard InChI is InChI=1S/C11H17FN4O/c12-9-7-14-11(15-8-9)16-4-1-10(2-5-16)13-3-6-17/h7-8,10,13,17H,1-6H2. The van der Waals surface area contributed by atoms with Gasteiger partial charge in [-0.25, -0.2) is 14.4 Å². The summed E-state index contributed by atoms with van der Waals surface area (Å²) in [4.78, 5) is 9.99. The van der Waals surface area contributed by atoms with E-state index in [0.717, 1.165) is 25.9 Å². The largest absolute Gasteiger partial charge is 0.395 e. The number of rotatable bonds is 4. The van der Waals surface area contributed by atoms with E-state index in [9.17, 15) is 4.39 Å². The summed E-state index contributed by atoms with van der Waals surface area (Å²) in [7, 11) is 0. The van der Waals surface area contributed by atoms with Crippen molar-refractivity contribution in [3.05, 3.63) is 18.2 Å². The van der Waals surface area contributed by atoms with E-state index in [1.54, 1.807) is 0 Å². The minimum atomic E-state index is -0.409. The molecule has 0 aromatic carbocycles. The minimum Gasteiger partial charge on any atom is -0.395 e. The van der Waals surface area contributed by atoms with Crippen LogP contribution in [0.25, 0.3) is 0 Å². The van der Waals surface area contributed by atoms with Crippen LogP contribution in [0.5, 0.6) is 0 Å². The molecule has 0 bridgehead atoms. The van der Waals surface area contributed by atoms with Crippen molar-refractivity contribution in [3.63, 3.8) is 0 Å². The van der Waals surface area contributed by atoms with Gasteiger partial charge in [0.2, 0.25) is 5.95 Å². The molecule has 0 spiro atoms. The minimum absolute atomic E-state index is 0.168. The number of anilines is 1. The van der Waals surface area contributed by atoms with E-state index in [-0.39, 0.29) is 6.61 Å². The first-order chi connectivity index (χ1) is 8.29. The van der Waals surface area contributed by atoms with Crippen LogP contribution < -0.4 is 10.2 Å². The lowest BCUT2D eigenvalue weighted by Gasteiger charge is -2.32. The Morgan fingerprint density at radius 1 is 1.35 bits per heavy atom. The number of aromatic nitrogens is 2. The van der Waals surface area contributed by atoms with Crippen LogP contribution in [0.1, 0.15) is 12.8 Å². The molecule has 0 saturated carbocycles. The van der Waals surface area contributed by atoms with E-state index in [0.29, 0.717) is 18.5 Å². The first kappa shape index (κ1) is 12.2. The van der Waals surface area contributed by atoms with Crippen molar-refractivity contribution in [3.8, 4) is 0 Å². The van der Waals surface area contributed by atoms with Crippen LogP contribution in [0.3, 0.4) is 0 Å². The zero-order chi connectivity index (χ0) is 12.1. The third-order valence-corrected chi connectivity index (χ3v) is 2.93. The normalized spacial score (nSPS) is 17.4. The van der Waals surface area contributed by atoms with E-state index in [2.05, 4.69) is 20.2 Å². The molecule has 0 unspecified atom stereocenters. The number of nitrogens with zero attached hydrogens (tertiary/aromatic N) is 3. The summed E-state index contributed by atoms with van der Waals surface area (Å²) in [6.07, 6.45) is 4.36. The second-order valence-electron chi connectivity index (χ2n) is 4.14. The van der Waals surface area contributed by atoms with Gasteiger partial charge in [0, 0.05) is 25.7 Å². The van der Waals surface area contributed by atoms with Crippen molar-refractivity contribution < 1.29 is 9.50 Å². The fraction of sp³-hybridized carbons (Fsp3) is 0.636. The van der Waals surface area contributed by atoms with Gasteiger partial charge in [-0.1, -0.05) is 0 Å². The van der Waals surface area contributed by atoms with Crippen molar-refractivity contribution in [1.29, 1.82) is 0 Å². The molecule has 0 atom stereocenters. The molecule has 5 nitrogen and oxygen atoms in total. The SMILES string of the molecule is OCCNC1CCN(c2ncc(F)cn2)CC1. The molecule has 1 aliphatic heterocycles. The van der Waals surface area contributed by atoms with E-state index in [1.165, 1.54) is 12.4 Å². The highest BCUT2D eigenvalue weighted by molar-refractivity contribution is 5.29. The quantitative estimate of drug-likeness (QED) is 0.785. The zero-order valence-corrected chi connectivity index (χ0v) is 9.64. The van der Waals surface area contributed by atoms with Gasteiger partial charge >= 0.3 is 0 Å². The van der Waals surface area contributed by atoms with Gasteiger partial charge in [0.1, 0.15) is 0 Å². The highest BCUT2D eigenvalue weighted by Gasteiger charge is 2.20. The number of halogens is 1. The first-order valence-electron chi connectivity index (χ1n) is 5.86. The molecule has 1 aromatic heterocycles. The summed E-state index contributed by atoms with van der Waals surface area (Å²) in [6, 6.07) is 0.443. The second kappa shape index (κ2) is 5.88. The van der Waals surface area contributed by atoms with Gasteiger partial charge < -0.3 is 15.3 Å². The fourth-order valence-corrected chi connectivity index (χ4v) is 2.02. The van der Waals surface area contributed by atoms with Gasteiger partial charge in [-0.2, -0.15) is 0 Å². The van der Waals surface area contributed by atoms with E-state index >= 15 is 0 Å². The van der Waals surface area contributed by atoms with Gasteiger partial charge in [0.25, 0.3) is 0 Å². The molecule has 0 aliphatic carbocycles. The molecule has 2 rings (SSSR count). The highest BCUT2D eigenvalue weighted by atomic mass is 19.1. The molecular weight excluding hydrogens is 223 g/mol. The van der Waals surface area contributed by atoms with Gasteiger partial charge in [-0.15, -0.1) is 0 Å². The Kier molecular flexibility index (Phi) is 4.22. The molecule has 2 heterocycles. The lowest BCUT2D eigenvalue weighted by Crippen LogP contribution is -2.43. The number of aliphatic hydroxyl groups is 1. The second-order valence-corrected chi connectivity index (χ2v) is 4.14. The van der Waals surface area contributed by atoms with Crippen molar-refractivity contribution in [2.75, 3.05) is 31.1 Å². The van der Waals surface area contributed by atoms with Crippen LogP contribution in [0, 0.1) is 5.82 Å². The lowest BCUT2D eigenvalue weighted by molar-refractivity contribution is 0.277. The highest BCUT2D eigenvalue weighted by Crippen LogP contribution is 2.15. The molecule has 2 N–H and O–H groups in total.